The van der Waals surface area contributed by atoms with Gasteiger partial charge in [0, 0.05) is 47.9 Å². The number of amides is 1. The molecule has 2 aromatic carbocycles. The van der Waals surface area contributed by atoms with Gasteiger partial charge in [-0.1, -0.05) is 23.4 Å². The lowest BCUT2D eigenvalue weighted by Crippen LogP contribution is -2.26. The molecule has 2 aromatic heterocycles. The summed E-state index contributed by atoms with van der Waals surface area (Å²) >= 11 is 0. The van der Waals surface area contributed by atoms with Crippen molar-refractivity contribution in [2.24, 2.45) is 7.05 Å². The van der Waals surface area contributed by atoms with Crippen LogP contribution in [-0.2, 0) is 18.2 Å². The van der Waals surface area contributed by atoms with E-state index in [9.17, 15) is 4.79 Å². The van der Waals surface area contributed by atoms with Crippen LogP contribution in [0.1, 0.15) is 35.0 Å². The van der Waals surface area contributed by atoms with E-state index in [0.717, 1.165) is 21.8 Å². The van der Waals surface area contributed by atoms with Gasteiger partial charge in [-0.05, 0) is 31.2 Å². The number of fused-ring (bicyclic) bond motifs is 3. The van der Waals surface area contributed by atoms with Crippen LogP contribution in [0.25, 0.3) is 21.8 Å². The van der Waals surface area contributed by atoms with Crippen molar-refractivity contribution in [1.82, 2.24) is 20.0 Å². The molecule has 28 heavy (non-hydrogen) atoms. The van der Waals surface area contributed by atoms with Gasteiger partial charge >= 0.3 is 0 Å². The number of methoxy groups -OCH3 is 1. The Morgan fingerprint density at radius 1 is 1.21 bits per heavy atom. The average molecular weight is 378 g/mol. The molecule has 1 atom stereocenters. The Hall–Kier alpha value is -3.19. The zero-order valence-corrected chi connectivity index (χ0v) is 16.1. The number of hydrogen-bond acceptors (Lipinski definition) is 5. The predicted octanol–water partition coefficient (Wildman–Crippen LogP) is 3.39. The fourth-order valence-electron chi connectivity index (χ4n) is 3.39. The third kappa shape index (κ3) is 3.25. The lowest BCUT2D eigenvalue weighted by Gasteiger charge is -2.10. The van der Waals surface area contributed by atoms with Crippen LogP contribution in [0, 0.1) is 0 Å². The second-order valence-corrected chi connectivity index (χ2v) is 6.79. The van der Waals surface area contributed by atoms with Crippen LogP contribution in [0.15, 0.2) is 47.0 Å². The molecule has 4 rings (SSSR count). The van der Waals surface area contributed by atoms with Crippen molar-refractivity contribution in [3.8, 4) is 0 Å². The van der Waals surface area contributed by atoms with E-state index in [1.54, 1.807) is 7.11 Å². The van der Waals surface area contributed by atoms with E-state index in [1.165, 1.54) is 0 Å². The molecule has 0 aliphatic rings. The molecule has 0 saturated heterocycles. The van der Waals surface area contributed by atoms with E-state index < -0.39 is 0 Å². The summed E-state index contributed by atoms with van der Waals surface area (Å²) < 4.78 is 12.4. The standard InChI is InChI=1S/C21H22N4O3/c1-13(21-23-19(24-28-21)10-11-27-3)22-20(26)14-8-9-18-16(12-14)15-6-4-5-7-17(15)25(18)2/h4-9,12-13H,10-11H2,1-3H3,(H,22,26)/t13-/m1/s1. The number of nitrogens with zero attached hydrogens (tertiary/aromatic N) is 3. The highest BCUT2D eigenvalue weighted by molar-refractivity contribution is 6.10. The molecule has 0 bridgehead atoms. The van der Waals surface area contributed by atoms with Crippen LogP contribution >= 0.6 is 0 Å². The third-order valence-electron chi connectivity index (χ3n) is 4.91. The fraction of sp³-hybridized carbons (Fsp3) is 0.286. The maximum Gasteiger partial charge on any atom is 0.251 e. The topological polar surface area (TPSA) is 82.2 Å². The first-order chi connectivity index (χ1) is 13.6. The Morgan fingerprint density at radius 2 is 2.00 bits per heavy atom. The molecule has 0 unspecified atom stereocenters. The van der Waals surface area contributed by atoms with E-state index in [4.69, 9.17) is 9.26 Å². The minimum absolute atomic E-state index is 0.182. The monoisotopic (exact) mass is 378 g/mol. The summed E-state index contributed by atoms with van der Waals surface area (Å²) in [6.45, 7) is 2.34. The van der Waals surface area contributed by atoms with Crippen LogP contribution in [-0.4, -0.2) is 34.3 Å². The van der Waals surface area contributed by atoms with Gasteiger partial charge in [-0.3, -0.25) is 4.79 Å². The number of nitrogens with one attached hydrogen (secondary N) is 1. The average Bonchev–Trinajstić information content (AvgIpc) is 3.30. The smallest absolute Gasteiger partial charge is 0.251 e. The van der Waals surface area contributed by atoms with Crippen LogP contribution < -0.4 is 5.32 Å². The zero-order valence-electron chi connectivity index (χ0n) is 16.1. The molecule has 7 nitrogen and oxygen atoms in total. The van der Waals surface area contributed by atoms with Crippen molar-refractivity contribution in [3.63, 3.8) is 0 Å². The SMILES string of the molecule is COCCc1noc([C@@H](C)NC(=O)c2ccc3c(c2)c2ccccc2n3C)n1. The van der Waals surface area contributed by atoms with E-state index in [0.29, 0.717) is 30.3 Å². The predicted molar refractivity (Wildman–Crippen MR) is 106 cm³/mol. The number of carbonyl (C=O) groups is 1. The highest BCUT2D eigenvalue weighted by Crippen LogP contribution is 2.28. The van der Waals surface area contributed by atoms with Gasteiger partial charge in [0.2, 0.25) is 5.89 Å². The van der Waals surface area contributed by atoms with Crippen LogP contribution in [0.5, 0.6) is 0 Å². The molecule has 0 aliphatic heterocycles. The Labute approximate surface area is 162 Å². The minimum Gasteiger partial charge on any atom is -0.384 e. The number of rotatable bonds is 6. The van der Waals surface area contributed by atoms with Crippen molar-refractivity contribution < 1.29 is 14.1 Å². The van der Waals surface area contributed by atoms with Gasteiger partial charge in [-0.25, -0.2) is 0 Å². The summed E-state index contributed by atoms with van der Waals surface area (Å²) in [6, 6.07) is 13.5. The molecular formula is C21H22N4O3. The molecule has 144 valence electrons. The lowest BCUT2D eigenvalue weighted by atomic mass is 10.1. The first kappa shape index (κ1) is 18.2. The zero-order chi connectivity index (χ0) is 19.7. The molecule has 4 aromatic rings. The fourth-order valence-corrected chi connectivity index (χ4v) is 3.39. The molecular weight excluding hydrogens is 356 g/mol. The second kappa shape index (κ2) is 7.44. The first-order valence-corrected chi connectivity index (χ1v) is 9.18. The first-order valence-electron chi connectivity index (χ1n) is 9.18. The number of ether oxygens (including phenoxy) is 1. The Balaban J connectivity index is 1.57. The van der Waals surface area contributed by atoms with Crippen molar-refractivity contribution in [1.29, 1.82) is 0 Å². The van der Waals surface area contributed by atoms with Crippen LogP contribution in [0.3, 0.4) is 0 Å². The largest absolute Gasteiger partial charge is 0.384 e. The summed E-state index contributed by atoms with van der Waals surface area (Å²) in [6.07, 6.45) is 0.568. The van der Waals surface area contributed by atoms with Crippen LogP contribution in [0.4, 0.5) is 0 Å². The number of aryl methyl sites for hydroxylation is 1. The molecule has 2 heterocycles. The van der Waals surface area contributed by atoms with E-state index in [-0.39, 0.29) is 11.9 Å². The van der Waals surface area contributed by atoms with Crippen molar-refractivity contribution in [2.75, 3.05) is 13.7 Å². The van der Waals surface area contributed by atoms with Crippen molar-refractivity contribution >= 4 is 27.7 Å². The molecule has 0 fully saturated rings. The van der Waals surface area contributed by atoms with E-state index in [1.807, 2.05) is 44.3 Å². The molecule has 7 heteroatoms. The van der Waals surface area contributed by atoms with Gasteiger partial charge in [0.25, 0.3) is 5.91 Å². The van der Waals surface area contributed by atoms with Gasteiger partial charge < -0.3 is 19.1 Å². The molecule has 1 N–H and O–H groups in total. The maximum atomic E-state index is 12.8. The van der Waals surface area contributed by atoms with Gasteiger partial charge in [-0.15, -0.1) is 0 Å². The highest BCUT2D eigenvalue weighted by Gasteiger charge is 2.18. The van der Waals surface area contributed by atoms with Crippen LogP contribution in [0.2, 0.25) is 0 Å². The summed E-state index contributed by atoms with van der Waals surface area (Å²) in [4.78, 5) is 17.1. The number of benzene rings is 2. The summed E-state index contributed by atoms with van der Waals surface area (Å²) in [5.41, 5.74) is 2.82. The summed E-state index contributed by atoms with van der Waals surface area (Å²) in [7, 11) is 3.65. The van der Waals surface area contributed by atoms with Gasteiger partial charge in [0.05, 0.1) is 6.61 Å². The second-order valence-electron chi connectivity index (χ2n) is 6.79. The van der Waals surface area contributed by atoms with Gasteiger partial charge in [0.15, 0.2) is 5.82 Å². The van der Waals surface area contributed by atoms with Crippen molar-refractivity contribution in [3.05, 3.63) is 59.7 Å². The molecule has 0 aliphatic carbocycles. The normalized spacial score (nSPS) is 12.5. The third-order valence-corrected chi connectivity index (χ3v) is 4.91. The number of hydrogen-bond donors (Lipinski definition) is 1. The number of para-hydroxylation sites is 1. The highest BCUT2D eigenvalue weighted by atomic mass is 16.5. The van der Waals surface area contributed by atoms with E-state index >= 15 is 0 Å². The Morgan fingerprint density at radius 3 is 2.82 bits per heavy atom. The van der Waals surface area contributed by atoms with Gasteiger partial charge in [-0.2, -0.15) is 4.98 Å². The van der Waals surface area contributed by atoms with E-state index in [2.05, 4.69) is 32.2 Å². The molecule has 1 amide bonds. The Kier molecular flexibility index (Phi) is 4.83. The number of carbonyl (C=O) groups excluding carboxylic acids is 1. The Bertz CT molecular complexity index is 1150. The molecule has 0 radical (unpaired) electrons. The summed E-state index contributed by atoms with van der Waals surface area (Å²) in [5.74, 6) is 0.764. The lowest BCUT2D eigenvalue weighted by molar-refractivity contribution is 0.0932. The minimum atomic E-state index is -0.389. The van der Waals surface area contributed by atoms with Gasteiger partial charge in [0.1, 0.15) is 6.04 Å². The number of aromatic nitrogens is 3. The van der Waals surface area contributed by atoms with Crippen molar-refractivity contribution in [2.45, 2.75) is 19.4 Å². The molecule has 0 spiro atoms. The molecule has 0 saturated carbocycles. The maximum absolute atomic E-state index is 12.8. The quantitative estimate of drug-likeness (QED) is 0.556. The summed E-state index contributed by atoms with van der Waals surface area (Å²) in [5, 5.41) is 9.02.